The lowest BCUT2D eigenvalue weighted by atomic mass is 10.1. The van der Waals surface area contributed by atoms with Crippen LogP contribution >= 0.6 is 11.6 Å². The molecule has 3 aromatic rings. The van der Waals surface area contributed by atoms with Gasteiger partial charge in [-0.05, 0) is 25.0 Å². The van der Waals surface area contributed by atoms with E-state index in [1.165, 1.54) is 0 Å². The number of hydrogen-bond acceptors (Lipinski definition) is 7. The number of nitrogens with zero attached hydrogens (tertiary/aromatic N) is 4. The standard InChI is InChI=1S/C19H20ClN5O2/c20-16-6-2-1-5-15(16)17-10-14(27-24-17)11-22-19-21-8-7-18(23-19)25-9-3-4-13(26)12-25/h1-2,5-8,10,13,26H,3-4,9,11-12H2,(H,21,22,23). The number of piperidine rings is 1. The zero-order chi connectivity index (χ0) is 18.6. The first-order chi connectivity index (χ1) is 13.2. The SMILES string of the molecule is OC1CCCN(c2ccnc(NCc3cc(-c4ccccc4Cl)no3)n2)C1. The monoisotopic (exact) mass is 385 g/mol. The lowest BCUT2D eigenvalue weighted by molar-refractivity contribution is 0.154. The van der Waals surface area contributed by atoms with Gasteiger partial charge in [0.15, 0.2) is 5.76 Å². The fourth-order valence-electron chi connectivity index (χ4n) is 3.13. The van der Waals surface area contributed by atoms with E-state index in [0.717, 1.165) is 30.8 Å². The fourth-order valence-corrected chi connectivity index (χ4v) is 3.36. The highest BCUT2D eigenvalue weighted by Crippen LogP contribution is 2.27. The lowest BCUT2D eigenvalue weighted by Gasteiger charge is -2.31. The predicted molar refractivity (Wildman–Crippen MR) is 104 cm³/mol. The number of halogens is 1. The van der Waals surface area contributed by atoms with Crippen LogP contribution in [0.5, 0.6) is 0 Å². The van der Waals surface area contributed by atoms with Crippen molar-refractivity contribution in [1.82, 2.24) is 15.1 Å². The van der Waals surface area contributed by atoms with Crippen molar-refractivity contribution in [3.8, 4) is 11.3 Å². The van der Waals surface area contributed by atoms with Crippen LogP contribution in [0.15, 0.2) is 47.1 Å². The smallest absolute Gasteiger partial charge is 0.224 e. The van der Waals surface area contributed by atoms with E-state index in [4.69, 9.17) is 16.1 Å². The van der Waals surface area contributed by atoms with Crippen molar-refractivity contribution in [3.63, 3.8) is 0 Å². The minimum Gasteiger partial charge on any atom is -0.391 e. The summed E-state index contributed by atoms with van der Waals surface area (Å²) in [6.45, 7) is 1.89. The molecule has 0 saturated carbocycles. The Morgan fingerprint density at radius 1 is 1.30 bits per heavy atom. The normalized spacial score (nSPS) is 17.1. The largest absolute Gasteiger partial charge is 0.391 e. The Kier molecular flexibility index (Phi) is 5.22. The van der Waals surface area contributed by atoms with Gasteiger partial charge < -0.3 is 19.8 Å². The van der Waals surface area contributed by atoms with Crippen LogP contribution in [0.3, 0.4) is 0 Å². The average molecular weight is 386 g/mol. The number of β-amino-alcohol motifs (C(OH)–C–C–N with tert-alkyl or cyclic N) is 1. The minimum atomic E-state index is -0.303. The number of benzene rings is 1. The minimum absolute atomic E-state index is 0.303. The van der Waals surface area contributed by atoms with Crippen LogP contribution in [0.4, 0.5) is 11.8 Å². The molecule has 1 aliphatic rings. The van der Waals surface area contributed by atoms with Gasteiger partial charge in [-0.1, -0.05) is 35.0 Å². The molecule has 0 radical (unpaired) electrons. The van der Waals surface area contributed by atoms with Crippen molar-refractivity contribution >= 4 is 23.4 Å². The molecule has 27 heavy (non-hydrogen) atoms. The summed E-state index contributed by atoms with van der Waals surface area (Å²) < 4.78 is 5.39. The van der Waals surface area contributed by atoms with Crippen LogP contribution in [-0.4, -0.2) is 39.4 Å². The second-order valence-electron chi connectivity index (χ2n) is 6.49. The zero-order valence-electron chi connectivity index (χ0n) is 14.7. The molecule has 1 fully saturated rings. The van der Waals surface area contributed by atoms with Gasteiger partial charge in [0.25, 0.3) is 0 Å². The molecule has 1 unspecified atom stereocenters. The third kappa shape index (κ3) is 4.20. The predicted octanol–water partition coefficient (Wildman–Crippen LogP) is 3.36. The zero-order valence-corrected chi connectivity index (χ0v) is 15.4. The number of aliphatic hydroxyl groups is 1. The fraction of sp³-hybridized carbons (Fsp3) is 0.316. The number of anilines is 2. The highest BCUT2D eigenvalue weighted by atomic mass is 35.5. The Balaban J connectivity index is 1.42. The second-order valence-corrected chi connectivity index (χ2v) is 6.90. The van der Waals surface area contributed by atoms with E-state index in [2.05, 4.69) is 25.3 Å². The van der Waals surface area contributed by atoms with Gasteiger partial charge in [-0.2, -0.15) is 4.98 Å². The van der Waals surface area contributed by atoms with Crippen LogP contribution in [0, 0.1) is 0 Å². The summed E-state index contributed by atoms with van der Waals surface area (Å²) in [5.74, 6) is 1.97. The molecule has 3 heterocycles. The van der Waals surface area contributed by atoms with E-state index >= 15 is 0 Å². The maximum absolute atomic E-state index is 9.85. The Morgan fingerprint density at radius 2 is 2.19 bits per heavy atom. The van der Waals surface area contributed by atoms with E-state index in [1.807, 2.05) is 36.4 Å². The molecular formula is C19H20ClN5O2. The van der Waals surface area contributed by atoms with Gasteiger partial charge in [-0.25, -0.2) is 4.98 Å². The summed E-state index contributed by atoms with van der Waals surface area (Å²) in [6, 6.07) is 11.2. The molecule has 1 aromatic carbocycles. The molecular weight excluding hydrogens is 366 g/mol. The van der Waals surface area contributed by atoms with Gasteiger partial charge in [-0.15, -0.1) is 0 Å². The molecule has 1 aliphatic heterocycles. The number of aliphatic hydroxyl groups excluding tert-OH is 1. The van der Waals surface area contributed by atoms with E-state index in [9.17, 15) is 5.11 Å². The van der Waals surface area contributed by atoms with Gasteiger partial charge in [-0.3, -0.25) is 0 Å². The summed E-state index contributed by atoms with van der Waals surface area (Å²) in [5.41, 5.74) is 1.52. The number of nitrogens with one attached hydrogen (secondary N) is 1. The average Bonchev–Trinajstić information content (AvgIpc) is 3.16. The first-order valence-electron chi connectivity index (χ1n) is 8.89. The number of aromatic nitrogens is 3. The van der Waals surface area contributed by atoms with Crippen LogP contribution in [0.2, 0.25) is 5.02 Å². The van der Waals surface area contributed by atoms with E-state index < -0.39 is 0 Å². The molecule has 140 valence electrons. The van der Waals surface area contributed by atoms with Crippen LogP contribution in [-0.2, 0) is 6.54 Å². The summed E-state index contributed by atoms with van der Waals surface area (Å²) in [4.78, 5) is 10.9. The molecule has 0 spiro atoms. The topological polar surface area (TPSA) is 87.3 Å². The summed E-state index contributed by atoms with van der Waals surface area (Å²) >= 11 is 6.20. The Bertz CT molecular complexity index is 916. The molecule has 0 bridgehead atoms. The lowest BCUT2D eigenvalue weighted by Crippen LogP contribution is -2.38. The second kappa shape index (κ2) is 7.94. The van der Waals surface area contributed by atoms with E-state index in [-0.39, 0.29) is 6.10 Å². The first-order valence-corrected chi connectivity index (χ1v) is 9.27. The van der Waals surface area contributed by atoms with Crippen molar-refractivity contribution in [1.29, 1.82) is 0 Å². The first kappa shape index (κ1) is 17.8. The summed E-state index contributed by atoms with van der Waals surface area (Å²) in [6.07, 6.45) is 3.20. The van der Waals surface area contributed by atoms with Crippen LogP contribution in [0.25, 0.3) is 11.3 Å². The number of hydrogen-bond donors (Lipinski definition) is 2. The molecule has 4 rings (SSSR count). The third-order valence-corrected chi connectivity index (χ3v) is 4.82. The Hall–Kier alpha value is -2.64. The molecule has 1 saturated heterocycles. The number of rotatable bonds is 5. The molecule has 2 N–H and O–H groups in total. The summed E-state index contributed by atoms with van der Waals surface area (Å²) in [7, 11) is 0. The molecule has 0 aliphatic carbocycles. The van der Waals surface area contributed by atoms with Crippen molar-refractivity contribution in [3.05, 3.63) is 53.4 Å². The van der Waals surface area contributed by atoms with Crippen molar-refractivity contribution in [2.45, 2.75) is 25.5 Å². The van der Waals surface area contributed by atoms with Crippen LogP contribution < -0.4 is 10.2 Å². The Labute approximate surface area is 162 Å². The van der Waals surface area contributed by atoms with Gasteiger partial charge in [0.05, 0.1) is 17.7 Å². The molecule has 8 heteroatoms. The molecule has 1 atom stereocenters. The molecule has 7 nitrogen and oxygen atoms in total. The Morgan fingerprint density at radius 3 is 3.04 bits per heavy atom. The highest BCUT2D eigenvalue weighted by molar-refractivity contribution is 6.33. The van der Waals surface area contributed by atoms with Crippen molar-refractivity contribution in [2.75, 3.05) is 23.3 Å². The van der Waals surface area contributed by atoms with Crippen molar-refractivity contribution < 1.29 is 9.63 Å². The van der Waals surface area contributed by atoms with Gasteiger partial charge >= 0.3 is 0 Å². The quantitative estimate of drug-likeness (QED) is 0.696. The van der Waals surface area contributed by atoms with Gasteiger partial charge in [0, 0.05) is 30.9 Å². The molecule has 0 amide bonds. The van der Waals surface area contributed by atoms with Crippen LogP contribution in [0.1, 0.15) is 18.6 Å². The summed E-state index contributed by atoms with van der Waals surface area (Å²) in [5, 5.41) is 17.7. The third-order valence-electron chi connectivity index (χ3n) is 4.49. The van der Waals surface area contributed by atoms with E-state index in [0.29, 0.717) is 35.5 Å². The van der Waals surface area contributed by atoms with Crippen molar-refractivity contribution in [2.24, 2.45) is 0 Å². The molecule has 2 aromatic heterocycles. The maximum atomic E-state index is 9.85. The maximum Gasteiger partial charge on any atom is 0.224 e. The van der Waals surface area contributed by atoms with E-state index in [1.54, 1.807) is 6.20 Å². The van der Waals surface area contributed by atoms with Gasteiger partial charge in [0.2, 0.25) is 5.95 Å². The highest BCUT2D eigenvalue weighted by Gasteiger charge is 2.19. The van der Waals surface area contributed by atoms with Gasteiger partial charge in [0.1, 0.15) is 11.5 Å².